The summed E-state index contributed by atoms with van der Waals surface area (Å²) in [6, 6.07) is 0. The van der Waals surface area contributed by atoms with Gasteiger partial charge in [-0.1, -0.05) is 0 Å². The number of likely N-dealkylation sites (tertiary alicyclic amines) is 1. The average molecular weight is 218 g/mol. The van der Waals surface area contributed by atoms with Gasteiger partial charge in [-0.15, -0.1) is 0 Å². The Morgan fingerprint density at radius 3 is 2.47 bits per heavy atom. The van der Waals surface area contributed by atoms with Crippen LogP contribution in [-0.2, 0) is 9.53 Å². The van der Waals surface area contributed by atoms with E-state index in [0.29, 0.717) is 0 Å². The van der Waals surface area contributed by atoms with Crippen molar-refractivity contribution < 1.29 is 19.7 Å². The van der Waals surface area contributed by atoms with Gasteiger partial charge < -0.3 is 25.6 Å². The lowest BCUT2D eigenvalue weighted by molar-refractivity contribution is -0.133. The normalized spacial score (nSPS) is 28.1. The molecule has 1 amide bonds. The second kappa shape index (κ2) is 5.41. The first-order valence-corrected chi connectivity index (χ1v) is 4.95. The van der Waals surface area contributed by atoms with E-state index in [1.54, 1.807) is 0 Å². The van der Waals surface area contributed by atoms with Crippen molar-refractivity contribution in [1.82, 2.24) is 4.90 Å². The second-order valence-corrected chi connectivity index (χ2v) is 3.73. The summed E-state index contributed by atoms with van der Waals surface area (Å²) in [7, 11) is 1.50. The van der Waals surface area contributed by atoms with Crippen LogP contribution in [0.4, 0.5) is 0 Å². The molecule has 3 atom stereocenters. The zero-order valence-corrected chi connectivity index (χ0v) is 8.80. The van der Waals surface area contributed by atoms with E-state index in [0.717, 1.165) is 0 Å². The molecule has 6 heteroatoms. The highest BCUT2D eigenvalue weighted by Gasteiger charge is 2.32. The van der Waals surface area contributed by atoms with Crippen LogP contribution in [0.15, 0.2) is 0 Å². The van der Waals surface area contributed by atoms with Crippen LogP contribution >= 0.6 is 0 Å². The number of methoxy groups -OCH3 is 1. The van der Waals surface area contributed by atoms with Crippen molar-refractivity contribution >= 4 is 5.91 Å². The number of hydrogen-bond acceptors (Lipinski definition) is 5. The number of hydrogen-bond donors (Lipinski definition) is 3. The molecule has 0 bridgehead atoms. The summed E-state index contributed by atoms with van der Waals surface area (Å²) < 4.78 is 4.99. The Balaban J connectivity index is 2.41. The number of aliphatic hydroxyl groups is 2. The van der Waals surface area contributed by atoms with Gasteiger partial charge >= 0.3 is 0 Å². The van der Waals surface area contributed by atoms with Crippen molar-refractivity contribution in [1.29, 1.82) is 0 Å². The van der Waals surface area contributed by atoms with E-state index in [1.807, 2.05) is 0 Å². The van der Waals surface area contributed by atoms with Gasteiger partial charge in [0.2, 0.25) is 5.91 Å². The van der Waals surface area contributed by atoms with E-state index < -0.39 is 12.2 Å². The third kappa shape index (κ3) is 3.13. The molecule has 1 fully saturated rings. The van der Waals surface area contributed by atoms with E-state index in [1.165, 1.54) is 12.0 Å². The molecule has 0 spiro atoms. The van der Waals surface area contributed by atoms with Gasteiger partial charge in [0.25, 0.3) is 0 Å². The quantitative estimate of drug-likeness (QED) is 0.503. The minimum Gasteiger partial charge on any atom is -0.388 e. The summed E-state index contributed by atoms with van der Waals surface area (Å²) in [6.07, 6.45) is -1.79. The smallest absolute Gasteiger partial charge is 0.225 e. The van der Waals surface area contributed by atoms with E-state index in [9.17, 15) is 15.0 Å². The van der Waals surface area contributed by atoms with E-state index in [2.05, 4.69) is 0 Å². The molecule has 0 aromatic carbocycles. The van der Waals surface area contributed by atoms with Crippen LogP contribution in [-0.4, -0.2) is 66.1 Å². The number of carbonyl (C=O) groups excluding carboxylic acids is 1. The molecule has 0 saturated carbocycles. The van der Waals surface area contributed by atoms with Gasteiger partial charge in [0.1, 0.15) is 0 Å². The van der Waals surface area contributed by atoms with Crippen molar-refractivity contribution in [2.24, 2.45) is 5.73 Å². The predicted molar refractivity (Wildman–Crippen MR) is 53.1 cm³/mol. The van der Waals surface area contributed by atoms with Crippen molar-refractivity contribution in [2.75, 3.05) is 26.7 Å². The van der Waals surface area contributed by atoms with Gasteiger partial charge in [-0.2, -0.15) is 0 Å². The number of nitrogens with two attached hydrogens (primary N) is 1. The topological polar surface area (TPSA) is 96.0 Å². The van der Waals surface area contributed by atoms with Crippen LogP contribution in [0.1, 0.15) is 6.42 Å². The maximum Gasteiger partial charge on any atom is 0.225 e. The third-order valence-corrected chi connectivity index (χ3v) is 2.61. The van der Waals surface area contributed by atoms with Gasteiger partial charge in [-0.3, -0.25) is 4.79 Å². The Hall–Kier alpha value is -0.690. The fourth-order valence-electron chi connectivity index (χ4n) is 1.56. The van der Waals surface area contributed by atoms with Crippen LogP contribution < -0.4 is 5.73 Å². The fraction of sp³-hybridized carbons (Fsp3) is 0.889. The molecule has 1 heterocycles. The second-order valence-electron chi connectivity index (χ2n) is 3.73. The van der Waals surface area contributed by atoms with E-state index >= 15 is 0 Å². The zero-order chi connectivity index (χ0) is 11.4. The lowest BCUT2D eigenvalue weighted by atomic mass is 10.2. The summed E-state index contributed by atoms with van der Waals surface area (Å²) in [4.78, 5) is 13.1. The monoisotopic (exact) mass is 218 g/mol. The Morgan fingerprint density at radius 1 is 1.53 bits per heavy atom. The SMILES string of the molecule is COC(CN)CC(=O)N1C[C@@H](O)[C@@H](O)C1. The molecule has 88 valence electrons. The first kappa shape index (κ1) is 12.4. The van der Waals surface area contributed by atoms with Crippen LogP contribution in [0.3, 0.4) is 0 Å². The van der Waals surface area contributed by atoms with E-state index in [-0.39, 0.29) is 38.1 Å². The first-order valence-electron chi connectivity index (χ1n) is 4.95. The van der Waals surface area contributed by atoms with Gasteiger partial charge in [-0.05, 0) is 0 Å². The number of carbonyl (C=O) groups is 1. The van der Waals surface area contributed by atoms with Crippen molar-refractivity contribution in [2.45, 2.75) is 24.7 Å². The van der Waals surface area contributed by atoms with Crippen LogP contribution in [0.5, 0.6) is 0 Å². The maximum atomic E-state index is 11.6. The van der Waals surface area contributed by atoms with Crippen molar-refractivity contribution in [3.05, 3.63) is 0 Å². The molecule has 0 aromatic heterocycles. The van der Waals surface area contributed by atoms with Crippen LogP contribution in [0, 0.1) is 0 Å². The zero-order valence-electron chi connectivity index (χ0n) is 8.80. The van der Waals surface area contributed by atoms with Crippen LogP contribution in [0.25, 0.3) is 0 Å². The highest BCUT2D eigenvalue weighted by molar-refractivity contribution is 5.77. The molecule has 1 saturated heterocycles. The highest BCUT2D eigenvalue weighted by Crippen LogP contribution is 2.12. The Kier molecular flexibility index (Phi) is 4.46. The number of ether oxygens (including phenoxy) is 1. The molecule has 0 radical (unpaired) electrons. The Bertz CT molecular complexity index is 210. The number of nitrogens with zero attached hydrogens (tertiary/aromatic N) is 1. The van der Waals surface area contributed by atoms with Crippen molar-refractivity contribution in [3.63, 3.8) is 0 Å². The Morgan fingerprint density at radius 2 is 2.07 bits per heavy atom. The van der Waals surface area contributed by atoms with E-state index in [4.69, 9.17) is 10.5 Å². The molecule has 1 rings (SSSR count). The molecule has 15 heavy (non-hydrogen) atoms. The lowest BCUT2D eigenvalue weighted by Gasteiger charge is -2.18. The lowest BCUT2D eigenvalue weighted by Crippen LogP contribution is -2.35. The standard InChI is InChI=1S/C9H18N2O4/c1-15-6(3-10)2-9(14)11-4-7(12)8(13)5-11/h6-8,12-13H,2-5,10H2,1H3/t6?,7-,8+. The maximum absolute atomic E-state index is 11.6. The summed E-state index contributed by atoms with van der Waals surface area (Å²) in [6.45, 7) is 0.642. The summed E-state index contributed by atoms with van der Waals surface area (Å²) in [5.41, 5.74) is 5.39. The van der Waals surface area contributed by atoms with Gasteiger partial charge in [0, 0.05) is 26.7 Å². The molecule has 1 aliphatic rings. The molecule has 4 N–H and O–H groups in total. The number of amides is 1. The summed E-state index contributed by atoms with van der Waals surface area (Å²) in [5, 5.41) is 18.5. The minimum atomic E-state index is -0.840. The molecule has 6 nitrogen and oxygen atoms in total. The Labute approximate surface area is 88.6 Å². The molecule has 0 aromatic rings. The highest BCUT2D eigenvalue weighted by atomic mass is 16.5. The van der Waals surface area contributed by atoms with Crippen LogP contribution in [0.2, 0.25) is 0 Å². The summed E-state index contributed by atoms with van der Waals surface area (Å²) >= 11 is 0. The van der Waals surface area contributed by atoms with Gasteiger partial charge in [0.15, 0.2) is 0 Å². The summed E-state index contributed by atoms with van der Waals surface area (Å²) in [5.74, 6) is -0.150. The first-order chi connectivity index (χ1) is 7.08. The third-order valence-electron chi connectivity index (χ3n) is 2.61. The molecular weight excluding hydrogens is 200 g/mol. The molecule has 1 aliphatic heterocycles. The largest absolute Gasteiger partial charge is 0.388 e. The number of aliphatic hydroxyl groups excluding tert-OH is 2. The number of rotatable bonds is 4. The average Bonchev–Trinajstić information content (AvgIpc) is 2.55. The van der Waals surface area contributed by atoms with Crippen molar-refractivity contribution in [3.8, 4) is 0 Å². The molecular formula is C9H18N2O4. The van der Waals surface area contributed by atoms with Gasteiger partial charge in [0.05, 0.1) is 24.7 Å². The fourth-order valence-corrected chi connectivity index (χ4v) is 1.56. The predicted octanol–water partition coefficient (Wildman–Crippen LogP) is -2.09. The minimum absolute atomic E-state index is 0.150. The van der Waals surface area contributed by atoms with Gasteiger partial charge in [-0.25, -0.2) is 0 Å². The molecule has 1 unspecified atom stereocenters. The molecule has 0 aliphatic carbocycles. The number of β-amino-alcohol motifs (C(OH)–C–C–N with tert-alkyl or cyclic N) is 2.